The minimum absolute atomic E-state index is 0.353. The van der Waals surface area contributed by atoms with Crippen LogP contribution in [0.15, 0.2) is 42.7 Å². The van der Waals surface area contributed by atoms with Crippen molar-refractivity contribution in [3.05, 3.63) is 57.7 Å². The molecule has 0 aliphatic heterocycles. The smallest absolute Gasteiger partial charge is 0.314 e. The van der Waals surface area contributed by atoms with Crippen LogP contribution < -0.4 is 0 Å². The summed E-state index contributed by atoms with van der Waals surface area (Å²) in [5.41, 5.74) is 0.965. The first-order valence-corrected chi connectivity index (χ1v) is 6.49. The van der Waals surface area contributed by atoms with Crippen molar-refractivity contribution in [2.45, 2.75) is 12.3 Å². The molecule has 0 saturated heterocycles. The maximum Gasteiger partial charge on any atom is 0.314 e. The molecule has 92 valence electrons. The van der Waals surface area contributed by atoms with Crippen molar-refractivity contribution in [2.75, 3.05) is 0 Å². The second kappa shape index (κ2) is 5.90. The number of aliphatic carboxylic acids is 1. The van der Waals surface area contributed by atoms with Gasteiger partial charge in [0.2, 0.25) is 0 Å². The van der Waals surface area contributed by atoms with Crippen LogP contribution in [0.5, 0.6) is 0 Å². The lowest BCUT2D eigenvalue weighted by atomic mass is 9.99. The monoisotopic (exact) mass is 354 g/mol. The van der Waals surface area contributed by atoms with Gasteiger partial charge in [-0.3, -0.25) is 4.79 Å². The van der Waals surface area contributed by atoms with Crippen LogP contribution in [0.25, 0.3) is 0 Å². The van der Waals surface area contributed by atoms with E-state index in [1.807, 2.05) is 30.3 Å². The van der Waals surface area contributed by atoms with Gasteiger partial charge in [-0.2, -0.15) is 0 Å². The van der Waals surface area contributed by atoms with Crippen molar-refractivity contribution in [1.82, 2.24) is 9.97 Å². The van der Waals surface area contributed by atoms with Crippen molar-refractivity contribution < 1.29 is 9.90 Å². The van der Waals surface area contributed by atoms with E-state index in [-0.39, 0.29) is 0 Å². The SMILES string of the molecule is O=C(O)C(Cc1ccccc1)c1ncc(I)cn1. The summed E-state index contributed by atoms with van der Waals surface area (Å²) < 4.78 is 0.889. The Balaban J connectivity index is 2.24. The Labute approximate surface area is 118 Å². The van der Waals surface area contributed by atoms with Crippen LogP contribution in [0.1, 0.15) is 17.3 Å². The number of carboxylic acid groups (broad SMARTS) is 1. The number of hydrogen-bond acceptors (Lipinski definition) is 3. The zero-order valence-corrected chi connectivity index (χ0v) is 11.6. The Morgan fingerprint density at radius 1 is 1.22 bits per heavy atom. The highest BCUT2D eigenvalue weighted by molar-refractivity contribution is 14.1. The molecule has 1 heterocycles. The maximum atomic E-state index is 11.3. The van der Waals surface area contributed by atoms with E-state index in [1.54, 1.807) is 12.4 Å². The number of halogens is 1. The van der Waals surface area contributed by atoms with Crippen LogP contribution in [0, 0.1) is 3.57 Å². The van der Waals surface area contributed by atoms with Gasteiger partial charge in [0.25, 0.3) is 0 Å². The number of hydrogen-bond donors (Lipinski definition) is 1. The summed E-state index contributed by atoms with van der Waals surface area (Å²) in [5, 5.41) is 9.28. The maximum absolute atomic E-state index is 11.3. The largest absolute Gasteiger partial charge is 0.481 e. The van der Waals surface area contributed by atoms with E-state index in [4.69, 9.17) is 0 Å². The van der Waals surface area contributed by atoms with Gasteiger partial charge >= 0.3 is 5.97 Å². The number of nitrogens with zero attached hydrogens (tertiary/aromatic N) is 2. The van der Waals surface area contributed by atoms with Crippen LogP contribution in [0.2, 0.25) is 0 Å². The van der Waals surface area contributed by atoms with E-state index < -0.39 is 11.9 Å². The second-order valence-corrected chi connectivity index (χ2v) is 5.09. The molecule has 0 fully saturated rings. The number of carboxylic acids is 1. The molecular formula is C13H11IN2O2. The summed E-state index contributed by atoms with van der Waals surface area (Å²) in [5.74, 6) is -1.25. The molecule has 1 atom stereocenters. The molecule has 2 aromatic rings. The van der Waals surface area contributed by atoms with Gasteiger partial charge in [-0.25, -0.2) is 9.97 Å². The first-order chi connectivity index (χ1) is 8.66. The molecule has 0 bridgehead atoms. The van der Waals surface area contributed by atoms with Crippen molar-refractivity contribution in [3.8, 4) is 0 Å². The Bertz CT molecular complexity index is 528. The fourth-order valence-electron chi connectivity index (χ4n) is 1.64. The molecule has 1 aromatic carbocycles. The standard InChI is InChI=1S/C13H11IN2O2/c14-10-7-15-12(16-8-10)11(13(17)18)6-9-4-2-1-3-5-9/h1-5,7-8,11H,6H2,(H,17,18). The molecule has 0 saturated carbocycles. The van der Waals surface area contributed by atoms with E-state index >= 15 is 0 Å². The molecule has 1 aromatic heterocycles. The molecule has 4 nitrogen and oxygen atoms in total. The van der Waals surface area contributed by atoms with Crippen molar-refractivity contribution in [3.63, 3.8) is 0 Å². The van der Waals surface area contributed by atoms with Gasteiger partial charge in [-0.15, -0.1) is 0 Å². The molecule has 18 heavy (non-hydrogen) atoms. The van der Waals surface area contributed by atoms with Crippen molar-refractivity contribution >= 4 is 28.6 Å². The third-order valence-electron chi connectivity index (χ3n) is 2.53. The van der Waals surface area contributed by atoms with E-state index in [2.05, 4.69) is 32.6 Å². The lowest BCUT2D eigenvalue weighted by Gasteiger charge is -2.10. The highest BCUT2D eigenvalue weighted by Gasteiger charge is 2.22. The average Bonchev–Trinajstić information content (AvgIpc) is 2.38. The van der Waals surface area contributed by atoms with Crippen molar-refractivity contribution in [2.24, 2.45) is 0 Å². The first-order valence-electron chi connectivity index (χ1n) is 5.41. The number of rotatable bonds is 4. The molecule has 0 radical (unpaired) electrons. The molecule has 0 aliphatic rings. The summed E-state index contributed by atoms with van der Waals surface area (Å²) >= 11 is 2.09. The average molecular weight is 354 g/mol. The molecular weight excluding hydrogens is 343 g/mol. The topological polar surface area (TPSA) is 63.1 Å². The molecule has 0 aliphatic carbocycles. The molecule has 0 amide bonds. The van der Waals surface area contributed by atoms with E-state index in [1.165, 1.54) is 0 Å². The highest BCUT2D eigenvalue weighted by Crippen LogP contribution is 2.18. The summed E-state index contributed by atoms with van der Waals surface area (Å²) in [6.07, 6.45) is 3.66. The summed E-state index contributed by atoms with van der Waals surface area (Å²) in [6.45, 7) is 0. The lowest BCUT2D eigenvalue weighted by molar-refractivity contribution is -0.139. The number of benzene rings is 1. The number of carbonyl (C=O) groups is 1. The van der Waals surface area contributed by atoms with Gasteiger partial charge in [0.1, 0.15) is 11.7 Å². The molecule has 0 spiro atoms. The van der Waals surface area contributed by atoms with Crippen LogP contribution in [-0.2, 0) is 11.2 Å². The summed E-state index contributed by atoms with van der Waals surface area (Å²) in [4.78, 5) is 19.5. The van der Waals surface area contributed by atoms with Gasteiger partial charge in [-0.1, -0.05) is 30.3 Å². The van der Waals surface area contributed by atoms with Gasteiger partial charge in [0, 0.05) is 16.0 Å². The minimum Gasteiger partial charge on any atom is -0.481 e. The Hall–Kier alpha value is -1.50. The van der Waals surface area contributed by atoms with Crippen LogP contribution in [0.4, 0.5) is 0 Å². The lowest BCUT2D eigenvalue weighted by Crippen LogP contribution is -2.17. The number of aromatic nitrogens is 2. The van der Waals surface area contributed by atoms with Gasteiger partial charge in [0.15, 0.2) is 0 Å². The van der Waals surface area contributed by atoms with Crippen LogP contribution in [-0.4, -0.2) is 21.0 Å². The Morgan fingerprint density at radius 2 is 1.83 bits per heavy atom. The highest BCUT2D eigenvalue weighted by atomic mass is 127. The molecule has 1 unspecified atom stereocenters. The van der Waals surface area contributed by atoms with E-state index in [0.717, 1.165) is 9.13 Å². The Morgan fingerprint density at radius 3 is 2.39 bits per heavy atom. The third-order valence-corrected chi connectivity index (χ3v) is 3.09. The Kier molecular flexibility index (Phi) is 4.24. The zero-order valence-electron chi connectivity index (χ0n) is 9.45. The molecule has 2 rings (SSSR count). The predicted molar refractivity (Wildman–Crippen MR) is 75.3 cm³/mol. The second-order valence-electron chi connectivity index (χ2n) is 3.84. The fourth-order valence-corrected chi connectivity index (χ4v) is 1.92. The van der Waals surface area contributed by atoms with Crippen molar-refractivity contribution in [1.29, 1.82) is 0 Å². The minimum atomic E-state index is -0.903. The van der Waals surface area contributed by atoms with Crippen LogP contribution >= 0.6 is 22.6 Å². The van der Waals surface area contributed by atoms with Gasteiger partial charge in [-0.05, 0) is 34.6 Å². The zero-order chi connectivity index (χ0) is 13.0. The predicted octanol–water partition coefficient (Wildman–Crippen LogP) is 2.49. The fraction of sp³-hybridized carbons (Fsp3) is 0.154. The first kappa shape index (κ1) is 12.9. The summed E-state index contributed by atoms with van der Waals surface area (Å²) in [6, 6.07) is 9.50. The molecule has 5 heteroatoms. The van der Waals surface area contributed by atoms with Gasteiger partial charge < -0.3 is 5.11 Å². The molecule has 1 N–H and O–H groups in total. The normalized spacial score (nSPS) is 12.1. The van der Waals surface area contributed by atoms with E-state index in [9.17, 15) is 9.90 Å². The van der Waals surface area contributed by atoms with Gasteiger partial charge in [0.05, 0.1) is 0 Å². The van der Waals surface area contributed by atoms with E-state index in [0.29, 0.717) is 12.2 Å². The summed E-state index contributed by atoms with van der Waals surface area (Å²) in [7, 11) is 0. The van der Waals surface area contributed by atoms with Crippen LogP contribution in [0.3, 0.4) is 0 Å². The quantitative estimate of drug-likeness (QED) is 0.857. The third kappa shape index (κ3) is 3.25.